The van der Waals surface area contributed by atoms with Gasteiger partial charge < -0.3 is 9.47 Å². The topological polar surface area (TPSA) is 35.5 Å². The molecule has 3 nitrogen and oxygen atoms in total. The van der Waals surface area contributed by atoms with E-state index >= 15 is 0 Å². The smallest absolute Gasteiger partial charge is 0.158 e. The lowest BCUT2D eigenvalue weighted by molar-refractivity contribution is -0.116. The second-order valence-electron chi connectivity index (χ2n) is 15.2. The zero-order chi connectivity index (χ0) is 34.3. The molecule has 0 saturated heterocycles. The van der Waals surface area contributed by atoms with Gasteiger partial charge in [0.2, 0.25) is 0 Å². The highest BCUT2D eigenvalue weighted by Gasteiger charge is 2.18. The van der Waals surface area contributed by atoms with E-state index < -0.39 is 0 Å². The maximum atomic E-state index is 12.4. The molecule has 0 heterocycles. The van der Waals surface area contributed by atoms with Crippen molar-refractivity contribution < 1.29 is 14.3 Å². The molecule has 0 amide bonds. The molecule has 0 aliphatic rings. The van der Waals surface area contributed by atoms with Gasteiger partial charge in [0.1, 0.15) is 0 Å². The summed E-state index contributed by atoms with van der Waals surface area (Å²) >= 11 is 0. The standard InChI is InChI=1S/C42H74O3/c1-34(22-15-24-36(3)25-17-27-38(5)29-19-32-41(7,8)44-11)20-13-14-21-35(2)23-16-26-37(4)28-18-30-39(6)40(43)31-33-42(9,10)45-12/h13-14,17,20-21,25,27,30,34-37H,15-16,18-19,22-24,26,28-29,31-33H2,1-12H3/b20-13+,21-14+,25-17+,38-27+,39-30+. The number of carbonyl (C=O) groups excluding carboxylic acids is 1. The first kappa shape index (κ1) is 43.3. The van der Waals surface area contributed by atoms with Gasteiger partial charge in [0.05, 0.1) is 11.2 Å². The van der Waals surface area contributed by atoms with Gasteiger partial charge in [0.25, 0.3) is 0 Å². The molecule has 45 heavy (non-hydrogen) atoms. The van der Waals surface area contributed by atoms with E-state index in [0.717, 1.165) is 37.7 Å². The first-order valence-corrected chi connectivity index (χ1v) is 18.1. The summed E-state index contributed by atoms with van der Waals surface area (Å²) in [5.74, 6) is 2.79. The molecule has 4 atom stereocenters. The Labute approximate surface area is 281 Å². The molecule has 0 rings (SSSR count). The van der Waals surface area contributed by atoms with Crippen LogP contribution in [0.1, 0.15) is 153 Å². The van der Waals surface area contributed by atoms with Gasteiger partial charge in [-0.2, -0.15) is 0 Å². The van der Waals surface area contributed by atoms with Crippen LogP contribution in [0.25, 0.3) is 0 Å². The molecule has 260 valence electrons. The van der Waals surface area contributed by atoms with Crippen LogP contribution in [0.3, 0.4) is 0 Å². The van der Waals surface area contributed by atoms with Crippen LogP contribution in [0, 0.1) is 23.7 Å². The van der Waals surface area contributed by atoms with Gasteiger partial charge in [-0.25, -0.2) is 0 Å². The minimum atomic E-state index is -0.233. The fourth-order valence-corrected chi connectivity index (χ4v) is 5.29. The number of hydrogen-bond acceptors (Lipinski definition) is 3. The fourth-order valence-electron chi connectivity index (χ4n) is 5.29. The van der Waals surface area contributed by atoms with Crippen molar-refractivity contribution in [3.05, 3.63) is 59.8 Å². The second-order valence-corrected chi connectivity index (χ2v) is 15.2. The Hall–Kier alpha value is -1.71. The minimum Gasteiger partial charge on any atom is -0.379 e. The quantitative estimate of drug-likeness (QED) is 0.0708. The third-order valence-electron chi connectivity index (χ3n) is 9.45. The van der Waals surface area contributed by atoms with Crippen molar-refractivity contribution in [2.75, 3.05) is 14.2 Å². The van der Waals surface area contributed by atoms with E-state index in [-0.39, 0.29) is 17.0 Å². The van der Waals surface area contributed by atoms with E-state index in [4.69, 9.17) is 9.47 Å². The van der Waals surface area contributed by atoms with E-state index in [2.05, 4.69) is 97.1 Å². The molecule has 0 fully saturated rings. The predicted octanol–water partition coefficient (Wildman–Crippen LogP) is 12.6. The Balaban J connectivity index is 4.14. The highest BCUT2D eigenvalue weighted by molar-refractivity contribution is 5.94. The van der Waals surface area contributed by atoms with Crippen LogP contribution < -0.4 is 0 Å². The van der Waals surface area contributed by atoms with Crippen molar-refractivity contribution in [2.24, 2.45) is 23.7 Å². The third-order valence-corrected chi connectivity index (χ3v) is 9.45. The van der Waals surface area contributed by atoms with Gasteiger partial charge in [0.15, 0.2) is 5.78 Å². The number of Topliss-reactive ketones (excluding diaryl/α,β-unsaturated/α-hetero) is 1. The molecule has 0 radical (unpaired) electrons. The molecule has 0 aromatic heterocycles. The molecule has 0 saturated carbocycles. The molecule has 4 unspecified atom stereocenters. The second kappa shape index (κ2) is 24.5. The van der Waals surface area contributed by atoms with E-state index in [1.54, 1.807) is 14.2 Å². The van der Waals surface area contributed by atoms with E-state index in [1.165, 1.54) is 50.5 Å². The van der Waals surface area contributed by atoms with Crippen molar-refractivity contribution in [1.82, 2.24) is 0 Å². The lowest BCUT2D eigenvalue weighted by atomic mass is 9.94. The Kier molecular flexibility index (Phi) is 23.5. The molecule has 0 aliphatic carbocycles. The van der Waals surface area contributed by atoms with Gasteiger partial charge in [0, 0.05) is 20.6 Å². The normalized spacial score (nSPS) is 16.6. The van der Waals surface area contributed by atoms with Gasteiger partial charge in [-0.3, -0.25) is 4.79 Å². The maximum absolute atomic E-state index is 12.4. The van der Waals surface area contributed by atoms with Crippen LogP contribution in [0.2, 0.25) is 0 Å². The summed E-state index contributed by atoms with van der Waals surface area (Å²) < 4.78 is 11.0. The summed E-state index contributed by atoms with van der Waals surface area (Å²) in [4.78, 5) is 12.4. The first-order valence-electron chi connectivity index (χ1n) is 18.1. The van der Waals surface area contributed by atoms with Gasteiger partial charge in [-0.15, -0.1) is 0 Å². The van der Waals surface area contributed by atoms with Crippen molar-refractivity contribution in [2.45, 2.75) is 164 Å². The average Bonchev–Trinajstić information content (AvgIpc) is 2.98. The van der Waals surface area contributed by atoms with Crippen LogP contribution in [0.15, 0.2) is 59.8 Å². The van der Waals surface area contributed by atoms with Crippen LogP contribution in [0.5, 0.6) is 0 Å². The Morgan fingerprint density at radius 3 is 1.67 bits per heavy atom. The summed E-state index contributed by atoms with van der Waals surface area (Å²) in [6.07, 6.45) is 32.6. The molecule has 0 aromatic rings. The largest absolute Gasteiger partial charge is 0.379 e. The number of methoxy groups -OCH3 is 2. The van der Waals surface area contributed by atoms with Crippen molar-refractivity contribution in [3.63, 3.8) is 0 Å². The summed E-state index contributed by atoms with van der Waals surface area (Å²) in [5, 5.41) is 0. The summed E-state index contributed by atoms with van der Waals surface area (Å²) in [6.45, 7) is 21.9. The molecule has 3 heteroatoms. The van der Waals surface area contributed by atoms with Crippen molar-refractivity contribution in [1.29, 1.82) is 0 Å². The molecule has 0 aromatic carbocycles. The fraction of sp³-hybridized carbons (Fsp3) is 0.738. The maximum Gasteiger partial charge on any atom is 0.158 e. The molecule has 0 spiro atoms. The zero-order valence-electron chi connectivity index (χ0n) is 31.8. The number of carbonyl (C=O) groups is 1. The molecular formula is C42H74O3. The summed E-state index contributed by atoms with van der Waals surface area (Å²) in [7, 11) is 3.51. The van der Waals surface area contributed by atoms with Crippen molar-refractivity contribution >= 4 is 5.78 Å². The van der Waals surface area contributed by atoms with Crippen LogP contribution in [0.4, 0.5) is 0 Å². The minimum absolute atomic E-state index is 0.0166. The van der Waals surface area contributed by atoms with E-state index in [0.29, 0.717) is 30.1 Å². The zero-order valence-corrected chi connectivity index (χ0v) is 31.8. The Morgan fingerprint density at radius 2 is 1.13 bits per heavy atom. The van der Waals surface area contributed by atoms with Crippen LogP contribution in [-0.4, -0.2) is 31.2 Å². The van der Waals surface area contributed by atoms with Crippen molar-refractivity contribution in [3.8, 4) is 0 Å². The van der Waals surface area contributed by atoms with E-state index in [9.17, 15) is 4.79 Å². The lowest BCUT2D eigenvalue weighted by Crippen LogP contribution is -2.23. The summed E-state index contributed by atoms with van der Waals surface area (Å²) in [6, 6.07) is 0. The SMILES string of the molecule is COC(C)(C)CCC/C(C)=C/C=C/C(C)CCCC(C)/C=C/C=C/C(C)CCCC(C)CC/C=C(\C)C(=O)CCC(C)(C)OC. The third kappa shape index (κ3) is 25.1. The molecule has 0 N–H and O–H groups in total. The van der Waals surface area contributed by atoms with Gasteiger partial charge in [-0.1, -0.05) is 101 Å². The number of ether oxygens (including phenoxy) is 2. The monoisotopic (exact) mass is 627 g/mol. The number of allylic oxidation sites excluding steroid dienone is 10. The number of rotatable bonds is 26. The van der Waals surface area contributed by atoms with Gasteiger partial charge >= 0.3 is 0 Å². The molecular weight excluding hydrogens is 552 g/mol. The summed E-state index contributed by atoms with van der Waals surface area (Å²) in [5.41, 5.74) is 2.11. The Bertz CT molecular complexity index is 930. The highest BCUT2D eigenvalue weighted by atomic mass is 16.5. The number of hydrogen-bond donors (Lipinski definition) is 0. The number of ketones is 1. The molecule has 0 bridgehead atoms. The first-order chi connectivity index (χ1) is 21.1. The van der Waals surface area contributed by atoms with Crippen LogP contribution >= 0.6 is 0 Å². The predicted molar refractivity (Wildman–Crippen MR) is 199 cm³/mol. The van der Waals surface area contributed by atoms with E-state index in [1.807, 2.05) is 20.8 Å². The lowest BCUT2D eigenvalue weighted by Gasteiger charge is -2.22. The van der Waals surface area contributed by atoms with Crippen LogP contribution in [-0.2, 0) is 14.3 Å². The average molecular weight is 627 g/mol. The Morgan fingerprint density at radius 1 is 0.644 bits per heavy atom. The molecule has 0 aliphatic heterocycles. The highest BCUT2D eigenvalue weighted by Crippen LogP contribution is 2.21. The van der Waals surface area contributed by atoms with Gasteiger partial charge in [-0.05, 0) is 129 Å².